The smallest absolute Gasteiger partial charge is 0.225 e. The van der Waals surface area contributed by atoms with Crippen molar-refractivity contribution in [1.29, 1.82) is 0 Å². The van der Waals surface area contributed by atoms with Crippen molar-refractivity contribution in [3.8, 4) is 0 Å². The number of alkyl halides is 1. The van der Waals surface area contributed by atoms with E-state index in [2.05, 4.69) is 60.8 Å². The topological polar surface area (TPSA) is 32.3 Å². The van der Waals surface area contributed by atoms with Crippen molar-refractivity contribution in [1.82, 2.24) is 9.97 Å². The summed E-state index contributed by atoms with van der Waals surface area (Å²) in [6.45, 7) is 6.06. The zero-order chi connectivity index (χ0) is 14.7. The van der Waals surface area contributed by atoms with Gasteiger partial charge in [-0.25, -0.2) is 9.97 Å². The van der Waals surface area contributed by atoms with Gasteiger partial charge in [-0.05, 0) is 24.6 Å². The molecule has 2 heterocycles. The van der Waals surface area contributed by atoms with E-state index >= 15 is 0 Å². The molecule has 0 bridgehead atoms. The van der Waals surface area contributed by atoms with Gasteiger partial charge < -0.3 is 9.80 Å². The monoisotopic (exact) mass is 346 g/mol. The van der Waals surface area contributed by atoms with Gasteiger partial charge in [-0.3, -0.25) is 0 Å². The van der Waals surface area contributed by atoms with Crippen LogP contribution in [0.3, 0.4) is 0 Å². The van der Waals surface area contributed by atoms with Crippen LogP contribution in [0.4, 0.5) is 11.6 Å². The summed E-state index contributed by atoms with van der Waals surface area (Å²) in [5.74, 6) is 0.835. The van der Waals surface area contributed by atoms with Crippen molar-refractivity contribution in [3.63, 3.8) is 0 Å². The molecule has 3 rings (SSSR count). The molecule has 0 N–H and O–H groups in total. The molecule has 0 amide bonds. The van der Waals surface area contributed by atoms with Crippen LogP contribution < -0.4 is 9.80 Å². The van der Waals surface area contributed by atoms with Gasteiger partial charge in [0.25, 0.3) is 0 Å². The molecule has 0 aliphatic carbocycles. The van der Waals surface area contributed by atoms with Crippen LogP contribution in [0.15, 0.2) is 36.7 Å². The van der Waals surface area contributed by atoms with Gasteiger partial charge in [0.05, 0.1) is 0 Å². The lowest BCUT2D eigenvalue weighted by Gasteiger charge is -2.37. The highest BCUT2D eigenvalue weighted by molar-refractivity contribution is 9.08. The number of aromatic nitrogens is 2. The first kappa shape index (κ1) is 14.3. The van der Waals surface area contributed by atoms with Gasteiger partial charge in [-0.15, -0.1) is 0 Å². The second-order valence-corrected chi connectivity index (χ2v) is 5.85. The average Bonchev–Trinajstić information content (AvgIpc) is 2.56. The average molecular weight is 347 g/mol. The minimum absolute atomic E-state index is 0.835. The van der Waals surface area contributed by atoms with Crippen molar-refractivity contribution in [2.75, 3.05) is 36.0 Å². The molecule has 0 saturated carbocycles. The van der Waals surface area contributed by atoms with Crippen LogP contribution in [0.1, 0.15) is 11.1 Å². The normalized spacial score (nSPS) is 15.3. The number of piperazine rings is 1. The van der Waals surface area contributed by atoms with E-state index in [1.54, 1.807) is 12.4 Å². The van der Waals surface area contributed by atoms with Gasteiger partial charge in [0.1, 0.15) is 0 Å². The molecule has 0 atom stereocenters. The predicted molar refractivity (Wildman–Crippen MR) is 90.3 cm³/mol. The highest BCUT2D eigenvalue weighted by atomic mass is 79.9. The first-order chi connectivity index (χ1) is 10.3. The molecule has 1 aromatic carbocycles. The van der Waals surface area contributed by atoms with Crippen LogP contribution in [0.2, 0.25) is 0 Å². The van der Waals surface area contributed by atoms with Crippen molar-refractivity contribution in [2.45, 2.75) is 12.3 Å². The minimum atomic E-state index is 0.835. The van der Waals surface area contributed by atoms with Crippen LogP contribution in [0.25, 0.3) is 0 Å². The second-order valence-electron chi connectivity index (χ2n) is 5.29. The third-order valence-corrected chi connectivity index (χ3v) is 4.44. The van der Waals surface area contributed by atoms with Crippen molar-refractivity contribution >= 4 is 27.6 Å². The Morgan fingerprint density at radius 3 is 2.38 bits per heavy atom. The van der Waals surface area contributed by atoms with E-state index < -0.39 is 0 Å². The molecule has 1 aromatic heterocycles. The lowest BCUT2D eigenvalue weighted by Crippen LogP contribution is -2.47. The number of anilines is 2. The lowest BCUT2D eigenvalue weighted by atomic mass is 10.1. The molecule has 5 heteroatoms. The molecule has 0 radical (unpaired) electrons. The van der Waals surface area contributed by atoms with E-state index in [0.717, 1.165) is 37.5 Å². The van der Waals surface area contributed by atoms with E-state index in [4.69, 9.17) is 0 Å². The molecular weight excluding hydrogens is 328 g/mol. The van der Waals surface area contributed by atoms with Gasteiger partial charge >= 0.3 is 0 Å². The van der Waals surface area contributed by atoms with Crippen molar-refractivity contribution in [2.24, 2.45) is 0 Å². The first-order valence-electron chi connectivity index (χ1n) is 7.20. The molecule has 0 spiro atoms. The SMILES string of the molecule is Cc1ccc(N2CCN(c3ncccn3)CC2)c(CBr)c1. The molecule has 1 saturated heterocycles. The van der Waals surface area contributed by atoms with Gasteiger partial charge in [0.15, 0.2) is 0 Å². The van der Waals surface area contributed by atoms with Crippen LogP contribution in [-0.2, 0) is 5.33 Å². The summed E-state index contributed by atoms with van der Waals surface area (Å²) in [5, 5.41) is 0.895. The lowest BCUT2D eigenvalue weighted by molar-refractivity contribution is 0.639. The number of aryl methyl sites for hydroxylation is 1. The number of halogens is 1. The van der Waals surface area contributed by atoms with Gasteiger partial charge in [0, 0.05) is 49.6 Å². The van der Waals surface area contributed by atoms with E-state index in [9.17, 15) is 0 Å². The number of hydrogen-bond donors (Lipinski definition) is 0. The number of rotatable bonds is 3. The number of nitrogens with zero attached hydrogens (tertiary/aromatic N) is 4. The molecule has 1 aliphatic heterocycles. The first-order valence-corrected chi connectivity index (χ1v) is 8.32. The second kappa shape index (κ2) is 6.43. The summed E-state index contributed by atoms with van der Waals surface area (Å²) in [6, 6.07) is 8.54. The van der Waals surface area contributed by atoms with E-state index in [1.165, 1.54) is 16.8 Å². The van der Waals surface area contributed by atoms with E-state index in [0.29, 0.717) is 0 Å². The van der Waals surface area contributed by atoms with Gasteiger partial charge in [-0.1, -0.05) is 33.6 Å². The maximum absolute atomic E-state index is 4.33. The molecule has 0 unspecified atom stereocenters. The quantitative estimate of drug-likeness (QED) is 0.799. The summed E-state index contributed by atoms with van der Waals surface area (Å²) in [7, 11) is 0. The summed E-state index contributed by atoms with van der Waals surface area (Å²) in [4.78, 5) is 13.4. The fraction of sp³-hybridized carbons (Fsp3) is 0.375. The van der Waals surface area contributed by atoms with Crippen LogP contribution in [-0.4, -0.2) is 36.1 Å². The number of benzene rings is 1. The summed E-state index contributed by atoms with van der Waals surface area (Å²) >= 11 is 3.60. The molecule has 4 nitrogen and oxygen atoms in total. The standard InChI is InChI=1S/C16H19BrN4/c1-13-3-4-15(14(11-13)12-17)20-7-9-21(10-8-20)16-18-5-2-6-19-16/h2-6,11H,7-10,12H2,1H3. The Balaban J connectivity index is 1.71. The van der Waals surface area contributed by atoms with E-state index in [-0.39, 0.29) is 0 Å². The maximum Gasteiger partial charge on any atom is 0.225 e. The third-order valence-electron chi connectivity index (χ3n) is 3.83. The Kier molecular flexibility index (Phi) is 4.39. The Morgan fingerprint density at radius 1 is 1.05 bits per heavy atom. The summed E-state index contributed by atoms with van der Waals surface area (Å²) < 4.78 is 0. The molecule has 1 aliphatic rings. The minimum Gasteiger partial charge on any atom is -0.368 e. The fourth-order valence-corrected chi connectivity index (χ4v) is 3.18. The molecule has 2 aromatic rings. The Bertz CT molecular complexity index is 594. The Labute approximate surface area is 133 Å². The molecular formula is C16H19BrN4. The zero-order valence-corrected chi connectivity index (χ0v) is 13.8. The van der Waals surface area contributed by atoms with Gasteiger partial charge in [0.2, 0.25) is 5.95 Å². The summed E-state index contributed by atoms with van der Waals surface area (Å²) in [5.41, 5.74) is 4.01. The predicted octanol–water partition coefficient (Wildman–Crippen LogP) is 3.01. The van der Waals surface area contributed by atoms with Crippen molar-refractivity contribution in [3.05, 3.63) is 47.8 Å². The Hall–Kier alpha value is -1.62. The van der Waals surface area contributed by atoms with Crippen molar-refractivity contribution < 1.29 is 0 Å². The van der Waals surface area contributed by atoms with Crippen LogP contribution in [0, 0.1) is 6.92 Å². The third kappa shape index (κ3) is 3.18. The van der Waals surface area contributed by atoms with E-state index in [1.807, 2.05) is 6.07 Å². The highest BCUT2D eigenvalue weighted by Gasteiger charge is 2.20. The van der Waals surface area contributed by atoms with Gasteiger partial charge in [-0.2, -0.15) is 0 Å². The molecule has 1 fully saturated rings. The fourth-order valence-electron chi connectivity index (χ4n) is 2.73. The zero-order valence-electron chi connectivity index (χ0n) is 12.2. The highest BCUT2D eigenvalue weighted by Crippen LogP contribution is 2.25. The largest absolute Gasteiger partial charge is 0.368 e. The summed E-state index contributed by atoms with van der Waals surface area (Å²) in [6.07, 6.45) is 3.61. The molecule has 110 valence electrons. The number of hydrogen-bond acceptors (Lipinski definition) is 4. The Morgan fingerprint density at radius 2 is 1.71 bits per heavy atom. The molecule has 21 heavy (non-hydrogen) atoms. The van der Waals surface area contributed by atoms with Crippen LogP contribution in [0.5, 0.6) is 0 Å². The van der Waals surface area contributed by atoms with Crippen LogP contribution >= 0.6 is 15.9 Å². The maximum atomic E-state index is 4.33.